The molecule has 26 heavy (non-hydrogen) atoms. The van der Waals surface area contributed by atoms with E-state index in [0.29, 0.717) is 12.2 Å². The molecule has 3 aromatic carbocycles. The zero-order valence-corrected chi connectivity index (χ0v) is 14.7. The number of hydrogen-bond acceptors (Lipinski definition) is 3. The molecule has 0 aliphatic carbocycles. The molecule has 0 unspecified atom stereocenters. The van der Waals surface area contributed by atoms with E-state index in [1.54, 1.807) is 10.6 Å². The van der Waals surface area contributed by atoms with E-state index in [4.69, 9.17) is 0 Å². The van der Waals surface area contributed by atoms with Crippen molar-refractivity contribution in [1.29, 1.82) is 0 Å². The van der Waals surface area contributed by atoms with Gasteiger partial charge in [0.05, 0.1) is 5.69 Å². The summed E-state index contributed by atoms with van der Waals surface area (Å²) >= 11 is 0. The molecule has 1 aromatic heterocycles. The first-order chi connectivity index (χ1) is 12.6. The molecule has 130 valence electrons. The van der Waals surface area contributed by atoms with Crippen molar-refractivity contribution in [3.63, 3.8) is 0 Å². The average Bonchev–Trinajstić information content (AvgIpc) is 3.02. The zero-order valence-electron chi connectivity index (χ0n) is 14.7. The lowest BCUT2D eigenvalue weighted by Gasteiger charge is -2.13. The van der Waals surface area contributed by atoms with Crippen LogP contribution in [0.4, 0.5) is 0 Å². The number of phenolic OH excluding ortho intramolecular Hbond substituents is 1. The normalized spacial score (nSPS) is 11.2. The maximum Gasteiger partial charge on any atom is 0.348 e. The molecule has 0 aliphatic rings. The van der Waals surface area contributed by atoms with Crippen LogP contribution in [0.1, 0.15) is 18.1 Å². The summed E-state index contributed by atoms with van der Waals surface area (Å²) in [6, 6.07) is 17.4. The molecular weight excluding hydrogens is 326 g/mol. The van der Waals surface area contributed by atoms with Crippen LogP contribution >= 0.6 is 0 Å². The standard InChI is InChI=1S/C21H19N3O2/c1-3-14-12-17(13(2)11-19(14)25)20-22-23-21(26)24(20)18-10-6-8-15-7-4-5-9-16(15)18/h4-12,25H,3H2,1-2H3,(H,23,26). The molecule has 4 aromatic rings. The number of benzene rings is 3. The van der Waals surface area contributed by atoms with E-state index in [-0.39, 0.29) is 11.4 Å². The number of hydrogen-bond donors (Lipinski definition) is 2. The van der Waals surface area contributed by atoms with Gasteiger partial charge in [-0.15, -0.1) is 0 Å². The number of fused-ring (bicyclic) bond motifs is 1. The van der Waals surface area contributed by atoms with Crippen molar-refractivity contribution in [1.82, 2.24) is 14.8 Å². The van der Waals surface area contributed by atoms with E-state index in [9.17, 15) is 9.90 Å². The third-order valence-electron chi connectivity index (χ3n) is 4.73. The SMILES string of the molecule is CCc1cc(-c2n[nH]c(=O)n2-c2cccc3ccccc23)c(C)cc1O. The van der Waals surface area contributed by atoms with Gasteiger partial charge in [0.2, 0.25) is 0 Å². The van der Waals surface area contributed by atoms with Crippen LogP contribution in [0, 0.1) is 6.92 Å². The highest BCUT2D eigenvalue weighted by atomic mass is 16.3. The molecule has 0 saturated heterocycles. The van der Waals surface area contributed by atoms with E-state index in [2.05, 4.69) is 10.2 Å². The Hall–Kier alpha value is -3.34. The molecule has 0 radical (unpaired) electrons. The fourth-order valence-corrected chi connectivity index (χ4v) is 3.37. The molecule has 2 N–H and O–H groups in total. The molecular formula is C21H19N3O2. The Morgan fingerprint density at radius 1 is 1.12 bits per heavy atom. The molecule has 4 rings (SSSR count). The lowest BCUT2D eigenvalue weighted by Crippen LogP contribution is -2.16. The van der Waals surface area contributed by atoms with Gasteiger partial charge in [-0.1, -0.05) is 43.3 Å². The van der Waals surface area contributed by atoms with Crippen molar-refractivity contribution in [2.24, 2.45) is 0 Å². The second kappa shape index (κ2) is 6.19. The Balaban J connectivity index is 2.02. The summed E-state index contributed by atoms with van der Waals surface area (Å²) in [4.78, 5) is 12.6. The number of H-pyrrole nitrogens is 1. The minimum atomic E-state index is -0.290. The molecule has 0 amide bonds. The monoisotopic (exact) mass is 345 g/mol. The molecule has 1 heterocycles. The number of aryl methyl sites for hydroxylation is 2. The van der Waals surface area contributed by atoms with Crippen molar-refractivity contribution < 1.29 is 5.11 Å². The van der Waals surface area contributed by atoms with Crippen LogP contribution in [0.25, 0.3) is 27.8 Å². The van der Waals surface area contributed by atoms with Gasteiger partial charge in [-0.2, -0.15) is 5.10 Å². The quantitative estimate of drug-likeness (QED) is 0.590. The highest BCUT2D eigenvalue weighted by molar-refractivity contribution is 5.90. The second-order valence-corrected chi connectivity index (χ2v) is 6.34. The fraction of sp³-hybridized carbons (Fsp3) is 0.143. The Morgan fingerprint density at radius 3 is 2.69 bits per heavy atom. The van der Waals surface area contributed by atoms with Crippen LogP contribution in [0.2, 0.25) is 0 Å². The molecule has 0 fully saturated rings. The largest absolute Gasteiger partial charge is 0.508 e. The van der Waals surface area contributed by atoms with Gasteiger partial charge in [0.15, 0.2) is 5.82 Å². The first kappa shape index (κ1) is 16.1. The van der Waals surface area contributed by atoms with Gasteiger partial charge in [0.1, 0.15) is 5.75 Å². The highest BCUT2D eigenvalue weighted by Crippen LogP contribution is 2.31. The van der Waals surface area contributed by atoms with Gasteiger partial charge in [-0.05, 0) is 48.1 Å². The number of aromatic hydroxyl groups is 1. The third-order valence-corrected chi connectivity index (χ3v) is 4.73. The lowest BCUT2D eigenvalue weighted by atomic mass is 10.0. The zero-order chi connectivity index (χ0) is 18.3. The summed E-state index contributed by atoms with van der Waals surface area (Å²) in [6.07, 6.45) is 0.696. The topological polar surface area (TPSA) is 70.9 Å². The van der Waals surface area contributed by atoms with E-state index < -0.39 is 0 Å². The van der Waals surface area contributed by atoms with Crippen LogP contribution in [-0.4, -0.2) is 19.9 Å². The summed E-state index contributed by atoms with van der Waals surface area (Å²) in [5.41, 5.74) is 3.00. The molecule has 0 saturated carbocycles. The second-order valence-electron chi connectivity index (χ2n) is 6.34. The van der Waals surface area contributed by atoms with E-state index >= 15 is 0 Å². The molecule has 0 bridgehead atoms. The number of rotatable bonds is 3. The maximum atomic E-state index is 12.6. The van der Waals surface area contributed by atoms with Crippen molar-refractivity contribution in [3.8, 4) is 22.8 Å². The molecule has 0 spiro atoms. The van der Waals surface area contributed by atoms with Gasteiger partial charge in [-0.25, -0.2) is 14.5 Å². The van der Waals surface area contributed by atoms with Crippen LogP contribution in [0.3, 0.4) is 0 Å². The summed E-state index contributed by atoms with van der Waals surface area (Å²) in [6.45, 7) is 3.89. The predicted molar refractivity (Wildman–Crippen MR) is 103 cm³/mol. The Labute approximate surface area is 150 Å². The van der Waals surface area contributed by atoms with Crippen molar-refractivity contribution >= 4 is 10.8 Å². The fourth-order valence-electron chi connectivity index (χ4n) is 3.37. The average molecular weight is 345 g/mol. The van der Waals surface area contributed by atoms with Gasteiger partial charge in [0, 0.05) is 10.9 Å². The van der Waals surface area contributed by atoms with Crippen molar-refractivity contribution in [2.45, 2.75) is 20.3 Å². The van der Waals surface area contributed by atoms with E-state index in [0.717, 1.165) is 33.2 Å². The van der Waals surface area contributed by atoms with Gasteiger partial charge in [0.25, 0.3) is 0 Å². The van der Waals surface area contributed by atoms with Gasteiger partial charge < -0.3 is 5.11 Å². The smallest absolute Gasteiger partial charge is 0.348 e. The Kier molecular flexibility index (Phi) is 3.84. The van der Waals surface area contributed by atoms with E-state index in [1.807, 2.05) is 62.4 Å². The summed E-state index contributed by atoms with van der Waals surface area (Å²) in [5.74, 6) is 0.807. The minimum absolute atomic E-state index is 0.267. The summed E-state index contributed by atoms with van der Waals surface area (Å²) < 4.78 is 1.60. The number of aromatic amines is 1. The molecule has 0 aliphatic heterocycles. The third kappa shape index (κ3) is 2.49. The van der Waals surface area contributed by atoms with Crippen LogP contribution in [-0.2, 0) is 6.42 Å². The van der Waals surface area contributed by atoms with Crippen LogP contribution in [0.15, 0.2) is 59.4 Å². The number of nitrogens with zero attached hydrogens (tertiary/aromatic N) is 2. The first-order valence-corrected chi connectivity index (χ1v) is 8.58. The minimum Gasteiger partial charge on any atom is -0.508 e. The number of phenols is 1. The van der Waals surface area contributed by atoms with Crippen molar-refractivity contribution in [3.05, 3.63) is 76.2 Å². The number of aromatic nitrogens is 3. The van der Waals surface area contributed by atoms with Gasteiger partial charge >= 0.3 is 5.69 Å². The van der Waals surface area contributed by atoms with Gasteiger partial charge in [-0.3, -0.25) is 0 Å². The Bertz CT molecular complexity index is 1170. The summed E-state index contributed by atoms with van der Waals surface area (Å²) in [5, 5.41) is 19.0. The molecule has 0 atom stereocenters. The molecule has 5 nitrogen and oxygen atoms in total. The lowest BCUT2D eigenvalue weighted by molar-refractivity contribution is 0.468. The Morgan fingerprint density at radius 2 is 1.88 bits per heavy atom. The summed E-state index contributed by atoms with van der Waals surface area (Å²) in [7, 11) is 0. The van der Waals surface area contributed by atoms with E-state index in [1.165, 1.54) is 0 Å². The number of nitrogens with one attached hydrogen (secondary N) is 1. The highest BCUT2D eigenvalue weighted by Gasteiger charge is 2.17. The predicted octanol–water partition coefficient (Wildman–Crippen LogP) is 3.96. The van der Waals surface area contributed by atoms with Crippen molar-refractivity contribution in [2.75, 3.05) is 0 Å². The van der Waals surface area contributed by atoms with Crippen LogP contribution in [0.5, 0.6) is 5.75 Å². The van der Waals surface area contributed by atoms with Crippen LogP contribution < -0.4 is 5.69 Å². The molecule has 5 heteroatoms. The maximum absolute atomic E-state index is 12.6. The first-order valence-electron chi connectivity index (χ1n) is 8.58.